The van der Waals surface area contributed by atoms with Crippen LogP contribution in [0.25, 0.3) is 5.57 Å². The fourth-order valence-corrected chi connectivity index (χ4v) is 3.41. The topological polar surface area (TPSA) is 57.1 Å². The van der Waals surface area contributed by atoms with Crippen LogP contribution < -0.4 is 0 Å². The van der Waals surface area contributed by atoms with Crippen LogP contribution in [0, 0.1) is 0 Å². The number of methoxy groups -OCH3 is 2. The third-order valence-corrected chi connectivity index (χ3v) is 4.89. The molecule has 0 atom stereocenters. The number of carbonyl (C=O) groups is 1. The summed E-state index contributed by atoms with van der Waals surface area (Å²) >= 11 is 0. The molecule has 1 aliphatic carbocycles. The van der Waals surface area contributed by atoms with E-state index >= 15 is 0 Å². The number of hydrogen-bond donors (Lipinski definition) is 0. The highest BCUT2D eigenvalue weighted by molar-refractivity contribution is 6.16. The van der Waals surface area contributed by atoms with Crippen LogP contribution in [0.2, 0.25) is 0 Å². The number of aryl methyl sites for hydroxylation is 2. The molecular formula is C23H25NO4. The van der Waals surface area contributed by atoms with Crippen molar-refractivity contribution in [1.82, 2.24) is 0 Å². The summed E-state index contributed by atoms with van der Waals surface area (Å²) < 4.78 is 9.90. The molecule has 0 radical (unpaired) electrons. The summed E-state index contributed by atoms with van der Waals surface area (Å²) in [4.78, 5) is 17.7. The van der Waals surface area contributed by atoms with Gasteiger partial charge in [-0.15, -0.1) is 0 Å². The van der Waals surface area contributed by atoms with Gasteiger partial charge in [-0.1, -0.05) is 41.6 Å². The van der Waals surface area contributed by atoms with Gasteiger partial charge >= 0.3 is 5.97 Å². The number of fused-ring (bicyclic) bond motifs is 1. The van der Waals surface area contributed by atoms with Crippen molar-refractivity contribution in [2.24, 2.45) is 5.16 Å². The Labute approximate surface area is 165 Å². The molecule has 2 aromatic rings. The minimum Gasteiger partial charge on any atom is -0.503 e. The second kappa shape index (κ2) is 9.22. The fourth-order valence-electron chi connectivity index (χ4n) is 3.41. The quantitative estimate of drug-likeness (QED) is 0.237. The first-order valence-electron chi connectivity index (χ1n) is 9.32. The summed E-state index contributed by atoms with van der Waals surface area (Å²) in [5.74, 6) is -0.466. The molecule has 2 aromatic carbocycles. The Morgan fingerprint density at radius 3 is 2.68 bits per heavy atom. The minimum atomic E-state index is -0.466. The highest BCUT2D eigenvalue weighted by atomic mass is 16.6. The van der Waals surface area contributed by atoms with Gasteiger partial charge in [-0.2, -0.15) is 0 Å². The molecule has 146 valence electrons. The maximum absolute atomic E-state index is 12.1. The van der Waals surface area contributed by atoms with Crippen molar-refractivity contribution in [2.75, 3.05) is 14.2 Å². The Bertz CT molecular complexity index is 915. The number of hydrogen-bond acceptors (Lipinski definition) is 5. The molecule has 5 heteroatoms. The Morgan fingerprint density at radius 1 is 1.11 bits per heavy atom. The highest BCUT2D eigenvalue weighted by Crippen LogP contribution is 2.24. The van der Waals surface area contributed by atoms with Crippen molar-refractivity contribution in [1.29, 1.82) is 0 Å². The predicted molar refractivity (Wildman–Crippen MR) is 109 cm³/mol. The molecule has 0 spiro atoms. The van der Waals surface area contributed by atoms with E-state index in [4.69, 9.17) is 14.3 Å². The molecule has 0 heterocycles. The zero-order chi connectivity index (χ0) is 19.9. The third kappa shape index (κ3) is 4.42. The molecule has 28 heavy (non-hydrogen) atoms. The first-order valence-corrected chi connectivity index (χ1v) is 9.32. The number of ether oxygens (including phenoxy) is 2. The number of benzene rings is 2. The van der Waals surface area contributed by atoms with Gasteiger partial charge in [0.2, 0.25) is 0 Å². The van der Waals surface area contributed by atoms with Crippen molar-refractivity contribution >= 4 is 17.3 Å². The van der Waals surface area contributed by atoms with Gasteiger partial charge in [0.15, 0.2) is 0 Å². The second-order valence-corrected chi connectivity index (χ2v) is 6.70. The van der Waals surface area contributed by atoms with Crippen LogP contribution in [0.5, 0.6) is 0 Å². The summed E-state index contributed by atoms with van der Waals surface area (Å²) in [6.07, 6.45) is 4.90. The van der Waals surface area contributed by atoms with Gasteiger partial charge < -0.3 is 14.3 Å². The molecule has 0 amide bonds. The van der Waals surface area contributed by atoms with Crippen molar-refractivity contribution in [2.45, 2.75) is 32.8 Å². The molecule has 0 aromatic heterocycles. The van der Waals surface area contributed by atoms with Crippen molar-refractivity contribution in [3.05, 3.63) is 76.5 Å². The normalized spacial score (nSPS) is 13.8. The molecular weight excluding hydrogens is 354 g/mol. The summed E-state index contributed by atoms with van der Waals surface area (Å²) in [5, 5.41) is 4.28. The van der Waals surface area contributed by atoms with Gasteiger partial charge in [-0.05, 0) is 54.5 Å². The van der Waals surface area contributed by atoms with E-state index in [0.29, 0.717) is 11.1 Å². The number of nitrogens with zero attached hydrogens (tertiary/aromatic N) is 1. The lowest BCUT2D eigenvalue weighted by atomic mass is 10.0. The van der Waals surface area contributed by atoms with E-state index in [1.54, 1.807) is 0 Å². The largest absolute Gasteiger partial charge is 0.503 e. The molecule has 0 N–H and O–H groups in total. The van der Waals surface area contributed by atoms with Gasteiger partial charge in [-0.3, -0.25) is 0 Å². The monoisotopic (exact) mass is 379 g/mol. The summed E-state index contributed by atoms with van der Waals surface area (Å²) in [7, 11) is 2.83. The lowest BCUT2D eigenvalue weighted by Gasteiger charge is -2.11. The Hall–Kier alpha value is -3.08. The molecule has 5 nitrogen and oxygen atoms in total. The minimum absolute atomic E-state index is 0.233. The summed E-state index contributed by atoms with van der Waals surface area (Å²) in [6.45, 7) is 2.17. The van der Waals surface area contributed by atoms with Gasteiger partial charge in [0.05, 0.1) is 26.2 Å². The maximum atomic E-state index is 12.1. The zero-order valence-corrected chi connectivity index (χ0v) is 16.5. The maximum Gasteiger partial charge on any atom is 0.341 e. The molecule has 3 rings (SSSR count). The SMILES string of the molecule is CO/C=C(/C(=O)OC)c1ccccc1CO/N=C(\C)c1ccc2c(c1)CCC2. The molecule has 0 bridgehead atoms. The van der Waals surface area contributed by atoms with Crippen molar-refractivity contribution in [3.8, 4) is 0 Å². The lowest BCUT2D eigenvalue weighted by molar-refractivity contribution is -0.133. The molecule has 0 saturated heterocycles. The molecule has 1 aliphatic rings. The predicted octanol–water partition coefficient (Wildman–Crippen LogP) is 4.28. The van der Waals surface area contributed by atoms with Crippen LogP contribution in [0.15, 0.2) is 53.9 Å². The average Bonchev–Trinajstić information content (AvgIpc) is 3.19. The lowest BCUT2D eigenvalue weighted by Crippen LogP contribution is -2.07. The second-order valence-electron chi connectivity index (χ2n) is 6.70. The fraction of sp³-hybridized carbons (Fsp3) is 0.304. The van der Waals surface area contributed by atoms with E-state index in [1.807, 2.05) is 31.2 Å². The van der Waals surface area contributed by atoms with Crippen LogP contribution >= 0.6 is 0 Å². The summed E-state index contributed by atoms with van der Waals surface area (Å²) in [5.41, 5.74) is 6.60. The van der Waals surface area contributed by atoms with E-state index < -0.39 is 5.97 Å². The Morgan fingerprint density at radius 2 is 1.89 bits per heavy atom. The average molecular weight is 379 g/mol. The van der Waals surface area contributed by atoms with E-state index in [2.05, 4.69) is 23.4 Å². The van der Waals surface area contributed by atoms with Crippen LogP contribution in [-0.4, -0.2) is 25.9 Å². The van der Waals surface area contributed by atoms with Crippen LogP contribution in [0.4, 0.5) is 0 Å². The number of oxime groups is 1. The molecule has 0 saturated carbocycles. The first kappa shape index (κ1) is 19.7. The van der Waals surface area contributed by atoms with E-state index in [-0.39, 0.29) is 6.61 Å². The summed E-state index contributed by atoms with van der Waals surface area (Å²) in [6, 6.07) is 13.9. The van der Waals surface area contributed by atoms with Gasteiger partial charge in [0, 0.05) is 5.56 Å². The molecule has 0 unspecified atom stereocenters. The van der Waals surface area contributed by atoms with Gasteiger partial charge in [0.1, 0.15) is 12.2 Å². The number of carbonyl (C=O) groups excluding carboxylic acids is 1. The van der Waals surface area contributed by atoms with Crippen LogP contribution in [-0.2, 0) is 38.6 Å². The number of esters is 1. The first-order chi connectivity index (χ1) is 13.6. The van der Waals surface area contributed by atoms with Crippen molar-refractivity contribution < 1.29 is 19.1 Å². The van der Waals surface area contributed by atoms with Crippen LogP contribution in [0.3, 0.4) is 0 Å². The zero-order valence-electron chi connectivity index (χ0n) is 16.5. The molecule has 0 aliphatic heterocycles. The number of rotatable bonds is 7. The molecule has 0 fully saturated rings. The van der Waals surface area contributed by atoms with E-state index in [1.165, 1.54) is 38.0 Å². The highest BCUT2D eigenvalue weighted by Gasteiger charge is 2.17. The van der Waals surface area contributed by atoms with Crippen LogP contribution in [0.1, 0.15) is 41.2 Å². The Balaban J connectivity index is 1.75. The van der Waals surface area contributed by atoms with Gasteiger partial charge in [0.25, 0.3) is 0 Å². The standard InChI is InChI=1S/C23H25NO4/c1-16(18-12-11-17-8-6-9-19(17)13-18)24-28-14-20-7-4-5-10-21(20)22(15-26-2)23(25)27-3/h4-5,7,10-13,15H,6,8-9,14H2,1-3H3/b22-15+,24-16+. The van der Waals surface area contributed by atoms with Crippen molar-refractivity contribution in [3.63, 3.8) is 0 Å². The smallest absolute Gasteiger partial charge is 0.341 e. The van der Waals surface area contributed by atoms with Gasteiger partial charge in [-0.25, -0.2) is 4.79 Å². The van der Waals surface area contributed by atoms with E-state index in [9.17, 15) is 4.79 Å². The van der Waals surface area contributed by atoms with E-state index in [0.717, 1.165) is 29.7 Å². The Kier molecular flexibility index (Phi) is 6.48. The third-order valence-electron chi connectivity index (χ3n) is 4.89.